The van der Waals surface area contributed by atoms with Crippen LogP contribution >= 0.6 is 0 Å². The van der Waals surface area contributed by atoms with Gasteiger partial charge in [0.25, 0.3) is 0 Å². The van der Waals surface area contributed by atoms with E-state index in [0.717, 1.165) is 34.3 Å². The molecule has 0 aliphatic rings. The van der Waals surface area contributed by atoms with Gasteiger partial charge in [-0.3, -0.25) is 0 Å². The van der Waals surface area contributed by atoms with Crippen LogP contribution in [-0.4, -0.2) is 20.2 Å². The minimum atomic E-state index is 0.772. The van der Waals surface area contributed by atoms with Crippen molar-refractivity contribution in [3.8, 4) is 0 Å². The number of rotatable bonds is 1. The summed E-state index contributed by atoms with van der Waals surface area (Å²) in [7, 11) is 0. The quantitative estimate of drug-likeness (QED) is 0.696. The molecule has 0 fully saturated rings. The first-order valence-corrected chi connectivity index (χ1v) is 5.98. The Morgan fingerprint density at radius 3 is 2.65 bits per heavy atom. The average molecular weight is 228 g/mol. The number of aromatic nitrogens is 4. The molecule has 3 aromatic rings. The average Bonchev–Trinajstić information content (AvgIpc) is 2.78. The van der Waals surface area contributed by atoms with Crippen LogP contribution in [0.3, 0.4) is 0 Å². The number of para-hydroxylation sites is 1. The summed E-state index contributed by atoms with van der Waals surface area (Å²) in [5.41, 5.74) is 2.73. The lowest BCUT2D eigenvalue weighted by atomic mass is 10.2. The SMILES string of the molecule is CC.CCc1nnc2c(n1)[nH]c1ccccc12. The predicted molar refractivity (Wildman–Crippen MR) is 69.9 cm³/mol. The fourth-order valence-electron chi connectivity index (χ4n) is 1.70. The Labute approximate surface area is 100 Å². The Morgan fingerprint density at radius 1 is 1.12 bits per heavy atom. The minimum absolute atomic E-state index is 0.772. The van der Waals surface area contributed by atoms with Crippen molar-refractivity contribution in [2.75, 3.05) is 0 Å². The third-order valence-electron chi connectivity index (χ3n) is 2.48. The Kier molecular flexibility index (Phi) is 3.32. The van der Waals surface area contributed by atoms with E-state index in [0.29, 0.717) is 0 Å². The molecule has 0 aliphatic heterocycles. The summed E-state index contributed by atoms with van der Waals surface area (Å²) in [6.07, 6.45) is 0.804. The van der Waals surface area contributed by atoms with Gasteiger partial charge in [0.1, 0.15) is 5.52 Å². The predicted octanol–water partition coefficient (Wildman–Crippen LogP) is 3.09. The number of benzene rings is 1. The van der Waals surface area contributed by atoms with Crippen molar-refractivity contribution < 1.29 is 0 Å². The molecule has 0 unspecified atom stereocenters. The van der Waals surface area contributed by atoms with Crippen molar-refractivity contribution in [2.24, 2.45) is 0 Å². The van der Waals surface area contributed by atoms with Gasteiger partial charge in [0, 0.05) is 17.3 Å². The Bertz CT molecular complexity index is 627. The highest BCUT2D eigenvalue weighted by atomic mass is 15.2. The molecule has 0 amide bonds. The Balaban J connectivity index is 0.000000514. The van der Waals surface area contributed by atoms with Crippen LogP contribution in [0, 0.1) is 0 Å². The lowest BCUT2D eigenvalue weighted by molar-refractivity contribution is 0.879. The molecule has 0 aliphatic carbocycles. The van der Waals surface area contributed by atoms with E-state index in [2.05, 4.69) is 20.2 Å². The second-order valence-electron chi connectivity index (χ2n) is 3.45. The number of aryl methyl sites for hydroxylation is 1. The van der Waals surface area contributed by atoms with Gasteiger partial charge in [0.15, 0.2) is 11.5 Å². The lowest BCUT2D eigenvalue weighted by Crippen LogP contribution is -1.95. The number of nitrogens with zero attached hydrogens (tertiary/aromatic N) is 3. The molecule has 88 valence electrons. The van der Waals surface area contributed by atoms with E-state index in [4.69, 9.17) is 0 Å². The number of aromatic amines is 1. The third-order valence-corrected chi connectivity index (χ3v) is 2.48. The minimum Gasteiger partial charge on any atom is -0.338 e. The molecule has 1 N–H and O–H groups in total. The Hall–Kier alpha value is -1.97. The number of hydrogen-bond donors (Lipinski definition) is 1. The zero-order chi connectivity index (χ0) is 12.3. The summed E-state index contributed by atoms with van der Waals surface area (Å²) in [5, 5.41) is 9.34. The smallest absolute Gasteiger partial charge is 0.161 e. The summed E-state index contributed by atoms with van der Waals surface area (Å²) < 4.78 is 0. The van der Waals surface area contributed by atoms with E-state index in [-0.39, 0.29) is 0 Å². The van der Waals surface area contributed by atoms with Crippen LogP contribution < -0.4 is 0 Å². The first kappa shape index (κ1) is 11.5. The molecular formula is C13H16N4. The van der Waals surface area contributed by atoms with Gasteiger partial charge in [0.2, 0.25) is 0 Å². The molecule has 0 radical (unpaired) electrons. The van der Waals surface area contributed by atoms with Gasteiger partial charge < -0.3 is 4.98 Å². The topological polar surface area (TPSA) is 54.5 Å². The number of nitrogens with one attached hydrogen (secondary N) is 1. The van der Waals surface area contributed by atoms with Crippen LogP contribution in [0.5, 0.6) is 0 Å². The summed E-state index contributed by atoms with van der Waals surface area (Å²) in [5.74, 6) is 0.772. The molecule has 2 aromatic heterocycles. The number of hydrogen-bond acceptors (Lipinski definition) is 3. The fraction of sp³-hybridized carbons (Fsp3) is 0.308. The van der Waals surface area contributed by atoms with Gasteiger partial charge in [-0.2, -0.15) is 0 Å². The van der Waals surface area contributed by atoms with Gasteiger partial charge in [0.05, 0.1) is 0 Å². The van der Waals surface area contributed by atoms with Crippen molar-refractivity contribution >= 4 is 22.1 Å². The molecule has 4 heteroatoms. The van der Waals surface area contributed by atoms with Gasteiger partial charge in [-0.25, -0.2) is 4.98 Å². The highest BCUT2D eigenvalue weighted by molar-refractivity contribution is 6.02. The molecule has 0 bridgehead atoms. The molecule has 1 aromatic carbocycles. The zero-order valence-electron chi connectivity index (χ0n) is 10.4. The van der Waals surface area contributed by atoms with Crippen LogP contribution in [0.2, 0.25) is 0 Å². The molecule has 3 rings (SSSR count). The molecular weight excluding hydrogens is 212 g/mol. The summed E-state index contributed by atoms with van der Waals surface area (Å²) in [4.78, 5) is 7.64. The highest BCUT2D eigenvalue weighted by Crippen LogP contribution is 2.20. The molecule has 0 spiro atoms. The van der Waals surface area contributed by atoms with Crippen molar-refractivity contribution in [1.29, 1.82) is 0 Å². The van der Waals surface area contributed by atoms with Gasteiger partial charge in [-0.15, -0.1) is 10.2 Å². The van der Waals surface area contributed by atoms with Crippen LogP contribution in [0.25, 0.3) is 22.1 Å². The van der Waals surface area contributed by atoms with Gasteiger partial charge in [-0.1, -0.05) is 39.0 Å². The van der Waals surface area contributed by atoms with E-state index in [1.54, 1.807) is 0 Å². The maximum absolute atomic E-state index is 4.40. The number of H-pyrrole nitrogens is 1. The van der Waals surface area contributed by atoms with Crippen molar-refractivity contribution in [2.45, 2.75) is 27.2 Å². The Morgan fingerprint density at radius 2 is 1.88 bits per heavy atom. The molecule has 4 nitrogen and oxygen atoms in total. The first-order valence-electron chi connectivity index (χ1n) is 5.98. The standard InChI is InChI=1S/C11H10N4.C2H6/c1-2-9-13-11-10(15-14-9)7-5-3-4-6-8(7)12-11;1-2/h3-6H,2H2,1H3,(H,12,13,14);1-2H3. The van der Waals surface area contributed by atoms with Crippen LogP contribution in [0.1, 0.15) is 26.6 Å². The molecule has 17 heavy (non-hydrogen) atoms. The fourth-order valence-corrected chi connectivity index (χ4v) is 1.70. The highest BCUT2D eigenvalue weighted by Gasteiger charge is 2.06. The molecule has 2 heterocycles. The first-order chi connectivity index (χ1) is 8.38. The zero-order valence-corrected chi connectivity index (χ0v) is 10.4. The largest absolute Gasteiger partial charge is 0.338 e. The van der Waals surface area contributed by atoms with E-state index in [9.17, 15) is 0 Å². The van der Waals surface area contributed by atoms with Crippen molar-refractivity contribution in [3.05, 3.63) is 30.1 Å². The van der Waals surface area contributed by atoms with Crippen molar-refractivity contribution in [1.82, 2.24) is 20.2 Å². The number of fused-ring (bicyclic) bond motifs is 3. The monoisotopic (exact) mass is 228 g/mol. The van der Waals surface area contributed by atoms with E-state index in [1.807, 2.05) is 45.0 Å². The van der Waals surface area contributed by atoms with E-state index in [1.165, 1.54) is 0 Å². The summed E-state index contributed by atoms with van der Waals surface area (Å²) in [6.45, 7) is 6.02. The van der Waals surface area contributed by atoms with Crippen LogP contribution in [0.15, 0.2) is 24.3 Å². The van der Waals surface area contributed by atoms with Crippen LogP contribution in [0.4, 0.5) is 0 Å². The third kappa shape index (κ3) is 1.98. The maximum Gasteiger partial charge on any atom is 0.161 e. The van der Waals surface area contributed by atoms with E-state index < -0.39 is 0 Å². The van der Waals surface area contributed by atoms with Crippen LogP contribution in [-0.2, 0) is 6.42 Å². The maximum atomic E-state index is 4.40. The molecule has 0 saturated heterocycles. The summed E-state index contributed by atoms with van der Waals surface area (Å²) >= 11 is 0. The lowest BCUT2D eigenvalue weighted by Gasteiger charge is -1.92. The normalized spacial score (nSPS) is 10.3. The molecule has 0 saturated carbocycles. The van der Waals surface area contributed by atoms with Crippen molar-refractivity contribution in [3.63, 3.8) is 0 Å². The molecule has 0 atom stereocenters. The second-order valence-corrected chi connectivity index (χ2v) is 3.45. The second kappa shape index (κ2) is 4.91. The summed E-state index contributed by atoms with van der Waals surface area (Å²) in [6, 6.07) is 8.03. The van der Waals surface area contributed by atoms with E-state index >= 15 is 0 Å². The van der Waals surface area contributed by atoms with Gasteiger partial charge >= 0.3 is 0 Å². The van der Waals surface area contributed by atoms with Gasteiger partial charge in [-0.05, 0) is 6.07 Å².